The van der Waals surface area contributed by atoms with Crippen molar-refractivity contribution in [2.24, 2.45) is 0 Å². The number of halogens is 1. The quantitative estimate of drug-likeness (QED) is 0.811. The van der Waals surface area contributed by atoms with Crippen molar-refractivity contribution >= 4 is 5.91 Å². The Labute approximate surface area is 133 Å². The first kappa shape index (κ1) is 17.1. The molecule has 0 aliphatic heterocycles. The van der Waals surface area contributed by atoms with E-state index >= 15 is 0 Å². The van der Waals surface area contributed by atoms with Crippen molar-refractivity contribution in [2.75, 3.05) is 20.3 Å². The predicted octanol–water partition coefficient (Wildman–Crippen LogP) is 1.53. The molecule has 0 aliphatic rings. The SMILES string of the molecule is COCC(C)(CCO)NC(=O)c1ccn(-c2cccc(F)c2)n1. The number of hydrogen-bond acceptors (Lipinski definition) is 4. The first-order valence-electron chi connectivity index (χ1n) is 7.21. The zero-order valence-corrected chi connectivity index (χ0v) is 13.1. The van der Waals surface area contributed by atoms with Gasteiger partial charge in [-0.15, -0.1) is 0 Å². The van der Waals surface area contributed by atoms with Crippen molar-refractivity contribution in [1.82, 2.24) is 15.1 Å². The zero-order chi connectivity index (χ0) is 16.9. The Balaban J connectivity index is 2.14. The summed E-state index contributed by atoms with van der Waals surface area (Å²) in [5.41, 5.74) is 0.0389. The molecule has 0 fully saturated rings. The smallest absolute Gasteiger partial charge is 0.272 e. The Morgan fingerprint density at radius 2 is 2.26 bits per heavy atom. The molecule has 0 saturated heterocycles. The van der Waals surface area contributed by atoms with E-state index in [0.29, 0.717) is 12.1 Å². The van der Waals surface area contributed by atoms with Crippen LogP contribution in [0.2, 0.25) is 0 Å². The lowest BCUT2D eigenvalue weighted by molar-refractivity contribution is 0.0721. The van der Waals surface area contributed by atoms with E-state index in [-0.39, 0.29) is 30.6 Å². The summed E-state index contributed by atoms with van der Waals surface area (Å²) in [5.74, 6) is -0.757. The summed E-state index contributed by atoms with van der Waals surface area (Å²) in [7, 11) is 1.53. The fourth-order valence-electron chi connectivity index (χ4n) is 2.28. The number of carbonyl (C=O) groups is 1. The van der Waals surface area contributed by atoms with Gasteiger partial charge in [-0.05, 0) is 37.6 Å². The van der Waals surface area contributed by atoms with Crippen molar-refractivity contribution < 1.29 is 19.0 Å². The molecule has 0 saturated carbocycles. The highest BCUT2D eigenvalue weighted by molar-refractivity contribution is 5.92. The standard InChI is InChI=1S/C16H20FN3O3/c1-16(7-9-21,11-23-2)18-15(22)14-6-8-20(19-14)13-5-3-4-12(17)10-13/h3-6,8,10,21H,7,9,11H2,1-2H3,(H,18,22). The Kier molecular flexibility index (Phi) is 5.46. The van der Waals surface area contributed by atoms with Gasteiger partial charge in [0.2, 0.25) is 0 Å². The highest BCUT2D eigenvalue weighted by Gasteiger charge is 2.27. The van der Waals surface area contributed by atoms with Gasteiger partial charge in [0, 0.05) is 19.9 Å². The number of ether oxygens (including phenoxy) is 1. The number of benzene rings is 1. The minimum absolute atomic E-state index is 0.0716. The van der Waals surface area contributed by atoms with E-state index in [0.717, 1.165) is 0 Å². The summed E-state index contributed by atoms with van der Waals surface area (Å²) in [5, 5.41) is 16.1. The number of hydrogen-bond donors (Lipinski definition) is 2. The van der Waals surface area contributed by atoms with Crippen LogP contribution in [0.1, 0.15) is 23.8 Å². The van der Waals surface area contributed by atoms with Gasteiger partial charge in [0.05, 0.1) is 17.8 Å². The van der Waals surface area contributed by atoms with Crippen LogP contribution in [0.4, 0.5) is 4.39 Å². The third-order valence-corrected chi connectivity index (χ3v) is 3.44. The lowest BCUT2D eigenvalue weighted by Crippen LogP contribution is -2.50. The molecule has 1 aromatic carbocycles. The van der Waals surface area contributed by atoms with Gasteiger partial charge < -0.3 is 15.2 Å². The summed E-state index contributed by atoms with van der Waals surface area (Å²) in [6, 6.07) is 7.48. The second kappa shape index (κ2) is 7.34. The van der Waals surface area contributed by atoms with Gasteiger partial charge in [0.1, 0.15) is 5.82 Å². The van der Waals surface area contributed by atoms with Crippen LogP contribution in [-0.2, 0) is 4.74 Å². The molecule has 0 aliphatic carbocycles. The molecule has 124 valence electrons. The molecule has 0 bridgehead atoms. The van der Waals surface area contributed by atoms with Crippen molar-refractivity contribution in [2.45, 2.75) is 18.9 Å². The van der Waals surface area contributed by atoms with Gasteiger partial charge in [-0.2, -0.15) is 5.10 Å². The lowest BCUT2D eigenvalue weighted by Gasteiger charge is -2.29. The average Bonchev–Trinajstić information content (AvgIpc) is 2.97. The molecule has 2 N–H and O–H groups in total. The minimum Gasteiger partial charge on any atom is -0.396 e. The lowest BCUT2D eigenvalue weighted by atomic mass is 9.99. The molecule has 0 radical (unpaired) electrons. The molecule has 1 unspecified atom stereocenters. The third kappa shape index (κ3) is 4.37. The van der Waals surface area contributed by atoms with Crippen molar-refractivity contribution in [3.63, 3.8) is 0 Å². The zero-order valence-electron chi connectivity index (χ0n) is 13.1. The van der Waals surface area contributed by atoms with E-state index < -0.39 is 5.54 Å². The predicted molar refractivity (Wildman–Crippen MR) is 83.0 cm³/mol. The second-order valence-corrected chi connectivity index (χ2v) is 5.55. The van der Waals surface area contributed by atoms with E-state index in [2.05, 4.69) is 10.4 Å². The molecule has 6 nitrogen and oxygen atoms in total. The van der Waals surface area contributed by atoms with Gasteiger partial charge in [-0.25, -0.2) is 9.07 Å². The molecule has 2 aromatic rings. The summed E-state index contributed by atoms with van der Waals surface area (Å²) < 4.78 is 19.8. The van der Waals surface area contributed by atoms with Crippen LogP contribution in [0, 0.1) is 5.82 Å². The number of methoxy groups -OCH3 is 1. The van der Waals surface area contributed by atoms with Gasteiger partial charge >= 0.3 is 0 Å². The van der Waals surface area contributed by atoms with Gasteiger partial charge in [-0.1, -0.05) is 6.07 Å². The molecular weight excluding hydrogens is 301 g/mol. The fourth-order valence-corrected chi connectivity index (χ4v) is 2.28. The molecular formula is C16H20FN3O3. The highest BCUT2D eigenvalue weighted by Crippen LogP contribution is 2.13. The number of nitrogens with one attached hydrogen (secondary N) is 1. The summed E-state index contributed by atoms with van der Waals surface area (Å²) in [4.78, 5) is 12.3. The first-order valence-corrected chi connectivity index (χ1v) is 7.21. The van der Waals surface area contributed by atoms with E-state index in [9.17, 15) is 9.18 Å². The van der Waals surface area contributed by atoms with Crippen LogP contribution in [0.3, 0.4) is 0 Å². The Morgan fingerprint density at radius 3 is 2.91 bits per heavy atom. The minimum atomic E-state index is -0.691. The molecule has 2 rings (SSSR count). The van der Waals surface area contributed by atoms with Gasteiger partial charge in [0.15, 0.2) is 5.69 Å². The first-order chi connectivity index (χ1) is 11.0. The average molecular weight is 321 g/mol. The number of rotatable bonds is 7. The monoisotopic (exact) mass is 321 g/mol. The molecule has 1 heterocycles. The molecule has 0 spiro atoms. The number of aliphatic hydroxyl groups is 1. The fraction of sp³-hybridized carbons (Fsp3) is 0.375. The van der Waals surface area contributed by atoms with Crippen molar-refractivity contribution in [3.05, 3.63) is 48.0 Å². The Bertz CT molecular complexity index is 666. The third-order valence-electron chi connectivity index (χ3n) is 3.44. The number of nitrogens with zero attached hydrogens (tertiary/aromatic N) is 2. The normalized spacial score (nSPS) is 13.6. The number of aliphatic hydroxyl groups excluding tert-OH is 1. The highest BCUT2D eigenvalue weighted by atomic mass is 19.1. The molecule has 23 heavy (non-hydrogen) atoms. The van der Waals surface area contributed by atoms with Crippen molar-refractivity contribution in [3.8, 4) is 5.69 Å². The summed E-state index contributed by atoms with van der Waals surface area (Å²) in [6.07, 6.45) is 1.95. The van der Waals surface area contributed by atoms with Gasteiger partial charge in [-0.3, -0.25) is 4.79 Å². The van der Waals surface area contributed by atoms with Crippen LogP contribution < -0.4 is 5.32 Å². The Morgan fingerprint density at radius 1 is 1.48 bits per heavy atom. The van der Waals surface area contributed by atoms with Crippen LogP contribution in [0.15, 0.2) is 36.5 Å². The van der Waals surface area contributed by atoms with Crippen molar-refractivity contribution in [1.29, 1.82) is 0 Å². The van der Waals surface area contributed by atoms with E-state index in [4.69, 9.17) is 9.84 Å². The molecule has 1 aromatic heterocycles. The van der Waals surface area contributed by atoms with Crippen LogP contribution in [0.25, 0.3) is 5.69 Å². The largest absolute Gasteiger partial charge is 0.396 e. The number of amides is 1. The maximum Gasteiger partial charge on any atom is 0.272 e. The van der Waals surface area contributed by atoms with Crippen LogP contribution in [-0.4, -0.2) is 46.7 Å². The van der Waals surface area contributed by atoms with Crippen LogP contribution >= 0.6 is 0 Å². The number of aromatic nitrogens is 2. The maximum absolute atomic E-state index is 13.3. The molecule has 1 atom stereocenters. The molecule has 1 amide bonds. The van der Waals surface area contributed by atoms with Gasteiger partial charge in [0.25, 0.3) is 5.91 Å². The number of carbonyl (C=O) groups excluding carboxylic acids is 1. The van der Waals surface area contributed by atoms with E-state index in [1.165, 1.54) is 23.9 Å². The van der Waals surface area contributed by atoms with Crippen LogP contribution in [0.5, 0.6) is 0 Å². The Hall–Kier alpha value is -2.25. The summed E-state index contributed by atoms with van der Waals surface area (Å²) >= 11 is 0. The maximum atomic E-state index is 13.3. The van der Waals surface area contributed by atoms with E-state index in [1.54, 1.807) is 31.3 Å². The topological polar surface area (TPSA) is 76.4 Å². The van der Waals surface area contributed by atoms with E-state index in [1.807, 2.05) is 0 Å². The summed E-state index contributed by atoms with van der Waals surface area (Å²) in [6.45, 7) is 1.98. The molecule has 7 heteroatoms. The second-order valence-electron chi connectivity index (χ2n) is 5.55.